The van der Waals surface area contributed by atoms with E-state index in [1.807, 2.05) is 19.1 Å². The van der Waals surface area contributed by atoms with Gasteiger partial charge in [-0.2, -0.15) is 0 Å². The van der Waals surface area contributed by atoms with Crippen molar-refractivity contribution in [2.75, 3.05) is 32.7 Å². The van der Waals surface area contributed by atoms with Gasteiger partial charge in [0.15, 0.2) is 0 Å². The number of hydrogen-bond acceptors (Lipinski definition) is 5. The topological polar surface area (TPSA) is 73.0 Å². The SMILES string of the molecule is CCN1CCC2(CC1)NC(=O)N(C1CCCN(C(=O)c3ccc(C)s3)C1)C2=O. The molecule has 1 unspecified atom stereocenters. The number of aryl methyl sites for hydroxylation is 1. The Kier molecular flexibility index (Phi) is 5.18. The summed E-state index contributed by atoms with van der Waals surface area (Å²) in [6, 6.07) is 3.27. The summed E-state index contributed by atoms with van der Waals surface area (Å²) in [4.78, 5) is 46.2. The van der Waals surface area contributed by atoms with Gasteiger partial charge in [0, 0.05) is 31.1 Å². The molecule has 0 saturated carbocycles. The van der Waals surface area contributed by atoms with Crippen LogP contribution in [0.4, 0.5) is 4.79 Å². The summed E-state index contributed by atoms with van der Waals surface area (Å²) in [5, 5.41) is 3.00. The molecule has 0 radical (unpaired) electrons. The number of likely N-dealkylation sites (tertiary alicyclic amines) is 2. The van der Waals surface area contributed by atoms with Crippen LogP contribution in [0.5, 0.6) is 0 Å². The fraction of sp³-hybridized carbons (Fsp3) is 0.650. The third kappa shape index (κ3) is 3.33. The second-order valence-corrected chi connectivity index (χ2v) is 9.37. The number of hydrogen-bond donors (Lipinski definition) is 1. The molecular weight excluding hydrogens is 376 g/mol. The fourth-order valence-electron chi connectivity index (χ4n) is 4.62. The lowest BCUT2D eigenvalue weighted by atomic mass is 9.87. The van der Waals surface area contributed by atoms with Gasteiger partial charge in [0.2, 0.25) is 0 Å². The van der Waals surface area contributed by atoms with Crippen LogP contribution < -0.4 is 5.32 Å². The summed E-state index contributed by atoms with van der Waals surface area (Å²) in [7, 11) is 0. The van der Waals surface area contributed by atoms with Crippen LogP contribution in [0.3, 0.4) is 0 Å². The first-order valence-electron chi connectivity index (χ1n) is 10.2. The van der Waals surface area contributed by atoms with Gasteiger partial charge in [-0.1, -0.05) is 6.92 Å². The van der Waals surface area contributed by atoms with E-state index in [0.717, 1.165) is 42.2 Å². The molecule has 3 aliphatic rings. The van der Waals surface area contributed by atoms with Gasteiger partial charge < -0.3 is 15.1 Å². The molecule has 8 heteroatoms. The Morgan fingerprint density at radius 3 is 2.64 bits per heavy atom. The first-order valence-corrected chi connectivity index (χ1v) is 11.0. The summed E-state index contributed by atoms with van der Waals surface area (Å²) in [5.74, 6) is -0.0969. The minimum Gasteiger partial charge on any atom is -0.336 e. The van der Waals surface area contributed by atoms with Crippen molar-refractivity contribution in [3.05, 3.63) is 21.9 Å². The predicted molar refractivity (Wildman–Crippen MR) is 107 cm³/mol. The number of thiophene rings is 1. The molecule has 3 saturated heterocycles. The number of piperidine rings is 2. The maximum atomic E-state index is 13.3. The number of urea groups is 1. The highest BCUT2D eigenvalue weighted by Crippen LogP contribution is 2.32. The standard InChI is InChI=1S/C20H28N4O3S/c1-3-22-11-8-20(9-12-22)18(26)24(19(27)21-20)15-5-4-10-23(13-15)17(25)16-7-6-14(2)28-16/h6-7,15H,3-5,8-13H2,1-2H3,(H,21,27). The van der Waals surface area contributed by atoms with E-state index < -0.39 is 5.54 Å². The largest absolute Gasteiger partial charge is 0.336 e. The van der Waals surface area contributed by atoms with Crippen molar-refractivity contribution in [2.45, 2.75) is 51.1 Å². The smallest absolute Gasteiger partial charge is 0.325 e. The van der Waals surface area contributed by atoms with Gasteiger partial charge >= 0.3 is 6.03 Å². The second kappa shape index (κ2) is 7.48. The first kappa shape index (κ1) is 19.4. The lowest BCUT2D eigenvalue weighted by molar-refractivity contribution is -0.135. The molecule has 1 aromatic rings. The zero-order chi connectivity index (χ0) is 19.9. The van der Waals surface area contributed by atoms with Crippen molar-refractivity contribution in [1.29, 1.82) is 0 Å². The molecule has 1 N–H and O–H groups in total. The lowest BCUT2D eigenvalue weighted by Crippen LogP contribution is -2.56. The summed E-state index contributed by atoms with van der Waals surface area (Å²) < 4.78 is 0. The van der Waals surface area contributed by atoms with Crippen LogP contribution in [-0.4, -0.2) is 76.8 Å². The Morgan fingerprint density at radius 2 is 2.00 bits per heavy atom. The van der Waals surface area contributed by atoms with E-state index in [1.165, 1.54) is 16.2 Å². The first-order chi connectivity index (χ1) is 13.4. The molecule has 4 heterocycles. The van der Waals surface area contributed by atoms with Crippen LogP contribution in [0, 0.1) is 6.92 Å². The molecule has 28 heavy (non-hydrogen) atoms. The molecule has 3 aliphatic heterocycles. The van der Waals surface area contributed by atoms with E-state index in [1.54, 1.807) is 4.90 Å². The van der Waals surface area contributed by atoms with Crippen LogP contribution in [0.2, 0.25) is 0 Å². The quantitative estimate of drug-likeness (QED) is 0.783. The number of carbonyl (C=O) groups is 3. The Labute approximate surface area is 169 Å². The summed E-state index contributed by atoms with van der Waals surface area (Å²) in [6.07, 6.45) is 2.87. The normalized spacial score (nSPS) is 25.4. The number of amides is 4. The van der Waals surface area contributed by atoms with E-state index >= 15 is 0 Å². The van der Waals surface area contributed by atoms with Gasteiger partial charge in [0.05, 0.1) is 10.9 Å². The third-order valence-electron chi connectivity index (χ3n) is 6.35. The van der Waals surface area contributed by atoms with E-state index in [9.17, 15) is 14.4 Å². The predicted octanol–water partition coefficient (Wildman–Crippen LogP) is 2.07. The summed E-state index contributed by atoms with van der Waals surface area (Å²) >= 11 is 1.49. The molecule has 152 valence electrons. The third-order valence-corrected chi connectivity index (χ3v) is 7.34. The van der Waals surface area contributed by atoms with Crippen molar-refractivity contribution in [3.63, 3.8) is 0 Å². The molecule has 0 bridgehead atoms. The van der Waals surface area contributed by atoms with Crippen LogP contribution >= 0.6 is 11.3 Å². The average molecular weight is 405 g/mol. The number of carbonyl (C=O) groups excluding carboxylic acids is 3. The molecule has 1 atom stereocenters. The summed E-state index contributed by atoms with van der Waals surface area (Å²) in [5.41, 5.74) is -0.750. The van der Waals surface area contributed by atoms with Crippen molar-refractivity contribution >= 4 is 29.2 Å². The van der Waals surface area contributed by atoms with Crippen LogP contribution in [-0.2, 0) is 4.79 Å². The van der Waals surface area contributed by atoms with Gasteiger partial charge in [0.25, 0.3) is 11.8 Å². The van der Waals surface area contributed by atoms with Crippen molar-refractivity contribution < 1.29 is 14.4 Å². The monoisotopic (exact) mass is 404 g/mol. The summed E-state index contributed by atoms with van der Waals surface area (Å²) in [6.45, 7) is 7.80. The van der Waals surface area contributed by atoms with Crippen molar-refractivity contribution in [1.82, 2.24) is 20.0 Å². The Morgan fingerprint density at radius 1 is 1.25 bits per heavy atom. The van der Waals surface area contributed by atoms with E-state index in [0.29, 0.717) is 25.9 Å². The second-order valence-electron chi connectivity index (χ2n) is 8.08. The molecule has 1 aromatic heterocycles. The zero-order valence-corrected chi connectivity index (χ0v) is 17.4. The highest BCUT2D eigenvalue weighted by atomic mass is 32.1. The average Bonchev–Trinajstić information content (AvgIpc) is 3.23. The maximum absolute atomic E-state index is 13.3. The zero-order valence-electron chi connectivity index (χ0n) is 16.6. The molecule has 1 spiro atoms. The Bertz CT molecular complexity index is 784. The van der Waals surface area contributed by atoms with E-state index in [2.05, 4.69) is 17.1 Å². The molecule has 4 rings (SSSR count). The van der Waals surface area contributed by atoms with E-state index in [4.69, 9.17) is 0 Å². The molecule has 4 amide bonds. The maximum Gasteiger partial charge on any atom is 0.325 e. The molecule has 7 nitrogen and oxygen atoms in total. The van der Waals surface area contributed by atoms with Gasteiger partial charge in [-0.05, 0) is 51.3 Å². The van der Waals surface area contributed by atoms with Crippen LogP contribution in [0.25, 0.3) is 0 Å². The number of nitrogens with zero attached hydrogens (tertiary/aromatic N) is 3. The molecule has 3 fully saturated rings. The van der Waals surface area contributed by atoms with Crippen LogP contribution in [0.1, 0.15) is 47.2 Å². The number of imide groups is 1. The fourth-order valence-corrected chi connectivity index (χ4v) is 5.45. The van der Waals surface area contributed by atoms with E-state index in [-0.39, 0.29) is 23.9 Å². The van der Waals surface area contributed by atoms with Crippen LogP contribution in [0.15, 0.2) is 12.1 Å². The van der Waals surface area contributed by atoms with Crippen molar-refractivity contribution in [3.8, 4) is 0 Å². The van der Waals surface area contributed by atoms with Gasteiger partial charge in [-0.3, -0.25) is 14.5 Å². The Hall–Kier alpha value is -1.93. The Balaban J connectivity index is 1.47. The lowest BCUT2D eigenvalue weighted by Gasteiger charge is -2.38. The molecular formula is C20H28N4O3S. The minimum atomic E-state index is -0.750. The highest BCUT2D eigenvalue weighted by molar-refractivity contribution is 7.13. The minimum absolute atomic E-state index is 0.000760. The van der Waals surface area contributed by atoms with Gasteiger partial charge in [-0.15, -0.1) is 11.3 Å². The van der Waals surface area contributed by atoms with Gasteiger partial charge in [0.1, 0.15) is 5.54 Å². The number of rotatable bonds is 3. The molecule has 0 aromatic carbocycles. The number of nitrogens with one attached hydrogen (secondary N) is 1. The molecule has 0 aliphatic carbocycles. The van der Waals surface area contributed by atoms with Crippen molar-refractivity contribution in [2.24, 2.45) is 0 Å². The highest BCUT2D eigenvalue weighted by Gasteiger charge is 2.54. The van der Waals surface area contributed by atoms with Gasteiger partial charge in [-0.25, -0.2) is 4.79 Å².